The van der Waals surface area contributed by atoms with Crippen LogP contribution in [0.15, 0.2) is 0 Å². The van der Waals surface area contributed by atoms with Crippen molar-refractivity contribution in [3.05, 3.63) is 0 Å². The van der Waals surface area contributed by atoms with Crippen LogP contribution in [0, 0.1) is 0 Å². The number of carbonyl (C=O) groups excluding carboxylic acids is 1. The van der Waals surface area contributed by atoms with Crippen LogP contribution in [0.2, 0.25) is 0 Å². The molecule has 0 aromatic carbocycles. The number of rotatable bonds is 19. The van der Waals surface area contributed by atoms with Crippen LogP contribution in [0.3, 0.4) is 0 Å². The molecule has 0 saturated heterocycles. The Morgan fingerprint density at radius 1 is 0.815 bits per heavy atom. The molecule has 27 heavy (non-hydrogen) atoms. The average molecular weight is 392 g/mol. The second kappa shape index (κ2) is 25.4. The number of hydrogen-bond donors (Lipinski definition) is 1. The normalized spacial score (nSPS) is 10.6. The second-order valence-corrected chi connectivity index (χ2v) is 6.45. The van der Waals surface area contributed by atoms with E-state index in [0.717, 1.165) is 51.7 Å². The van der Waals surface area contributed by atoms with Gasteiger partial charge in [0.2, 0.25) is 5.91 Å². The average Bonchev–Trinajstić information content (AvgIpc) is 2.70. The summed E-state index contributed by atoms with van der Waals surface area (Å²) in [6.45, 7) is 14.2. The molecule has 0 bridgehead atoms. The summed E-state index contributed by atoms with van der Waals surface area (Å²) in [5.74, 6) is -0.0146. The van der Waals surface area contributed by atoms with Crippen molar-refractivity contribution in [2.75, 3.05) is 39.6 Å². The van der Waals surface area contributed by atoms with E-state index >= 15 is 0 Å². The summed E-state index contributed by atoms with van der Waals surface area (Å²) in [6, 6.07) is 0. The van der Waals surface area contributed by atoms with E-state index < -0.39 is 0 Å². The van der Waals surface area contributed by atoms with Gasteiger partial charge in [-0.3, -0.25) is 4.79 Å². The van der Waals surface area contributed by atoms with E-state index in [1.165, 1.54) is 19.3 Å². The van der Waals surface area contributed by atoms with Gasteiger partial charge < -0.3 is 19.5 Å². The maximum absolute atomic E-state index is 11.6. The van der Waals surface area contributed by atoms with Gasteiger partial charge in [-0.25, -0.2) is 0 Å². The van der Waals surface area contributed by atoms with Gasteiger partial charge >= 0.3 is 0 Å². The standard InChI is InChI=1S/C20H41NO4.C2H6.H2/c1-4-7-8-11-14-23-16-17-24-15-12-9-10-13-21-20(22)18-25-19(5-2)6-3;1-2;/h19H,4-18H2,1-3H3,(H,21,22);1-2H3;1H. The van der Waals surface area contributed by atoms with E-state index in [-0.39, 0.29) is 20.0 Å². The van der Waals surface area contributed by atoms with Crippen LogP contribution in [0.5, 0.6) is 0 Å². The summed E-state index contributed by atoms with van der Waals surface area (Å²) in [4.78, 5) is 11.6. The van der Waals surface area contributed by atoms with Gasteiger partial charge in [-0.05, 0) is 38.5 Å². The van der Waals surface area contributed by atoms with Crippen molar-refractivity contribution >= 4 is 5.91 Å². The topological polar surface area (TPSA) is 56.8 Å². The minimum Gasteiger partial charge on any atom is -0.379 e. The van der Waals surface area contributed by atoms with Gasteiger partial charge in [-0.15, -0.1) is 0 Å². The van der Waals surface area contributed by atoms with Gasteiger partial charge in [0.1, 0.15) is 6.61 Å². The van der Waals surface area contributed by atoms with Crippen molar-refractivity contribution in [2.24, 2.45) is 0 Å². The third-order valence-corrected chi connectivity index (χ3v) is 4.16. The molecule has 0 aliphatic heterocycles. The first-order chi connectivity index (χ1) is 13.2. The fraction of sp³-hybridized carbons (Fsp3) is 0.955. The Balaban J connectivity index is -0.00000201. The molecule has 0 saturated carbocycles. The van der Waals surface area contributed by atoms with Gasteiger partial charge in [0, 0.05) is 21.2 Å². The molecule has 0 unspecified atom stereocenters. The van der Waals surface area contributed by atoms with Gasteiger partial charge in [0.15, 0.2) is 0 Å². The van der Waals surface area contributed by atoms with Crippen molar-refractivity contribution in [3.63, 3.8) is 0 Å². The minimum atomic E-state index is -0.0146. The van der Waals surface area contributed by atoms with Gasteiger partial charge in [-0.1, -0.05) is 53.9 Å². The Bertz CT molecular complexity index is 290. The molecule has 0 heterocycles. The number of hydrogen-bond acceptors (Lipinski definition) is 4. The largest absolute Gasteiger partial charge is 0.379 e. The molecule has 166 valence electrons. The van der Waals surface area contributed by atoms with Crippen LogP contribution in [0.1, 0.15) is 93.8 Å². The highest BCUT2D eigenvalue weighted by atomic mass is 16.5. The Kier molecular flexibility index (Phi) is 26.8. The van der Waals surface area contributed by atoms with Gasteiger partial charge in [-0.2, -0.15) is 0 Å². The highest BCUT2D eigenvalue weighted by Gasteiger charge is 2.06. The highest BCUT2D eigenvalue weighted by Crippen LogP contribution is 2.02. The Morgan fingerprint density at radius 3 is 1.89 bits per heavy atom. The summed E-state index contributed by atoms with van der Waals surface area (Å²) < 4.78 is 16.6. The fourth-order valence-electron chi connectivity index (χ4n) is 2.46. The van der Waals surface area contributed by atoms with Gasteiger partial charge in [0.05, 0.1) is 19.3 Å². The number of ether oxygens (including phenoxy) is 3. The molecule has 5 nitrogen and oxygen atoms in total. The lowest BCUT2D eigenvalue weighted by Gasteiger charge is -2.13. The number of nitrogens with one attached hydrogen (secondary N) is 1. The summed E-state index contributed by atoms with van der Waals surface area (Å²) in [6.07, 6.45) is 10.1. The molecule has 0 spiro atoms. The molecule has 0 aliphatic carbocycles. The predicted molar refractivity (Wildman–Crippen MR) is 116 cm³/mol. The summed E-state index contributed by atoms with van der Waals surface area (Å²) in [5.41, 5.74) is 0. The maximum Gasteiger partial charge on any atom is 0.246 e. The molecular formula is C22H49NO4. The lowest BCUT2D eigenvalue weighted by molar-refractivity contribution is -0.127. The quantitative estimate of drug-likeness (QED) is 0.301. The van der Waals surface area contributed by atoms with E-state index in [9.17, 15) is 4.79 Å². The first-order valence-electron chi connectivity index (χ1n) is 11.3. The molecule has 0 fully saturated rings. The lowest BCUT2D eigenvalue weighted by Crippen LogP contribution is -2.30. The lowest BCUT2D eigenvalue weighted by atomic mass is 10.2. The zero-order valence-electron chi connectivity index (χ0n) is 18.8. The van der Waals surface area contributed by atoms with E-state index in [4.69, 9.17) is 14.2 Å². The fourth-order valence-corrected chi connectivity index (χ4v) is 2.46. The van der Waals surface area contributed by atoms with E-state index in [2.05, 4.69) is 26.1 Å². The zero-order chi connectivity index (χ0) is 20.6. The SMILES string of the molecule is CC.CCCCCCOCCOCCCCCNC(=O)COC(CC)CC.[HH]. The van der Waals surface area contributed by atoms with Crippen LogP contribution >= 0.6 is 0 Å². The van der Waals surface area contributed by atoms with Crippen molar-refractivity contribution in [1.29, 1.82) is 0 Å². The second-order valence-electron chi connectivity index (χ2n) is 6.45. The van der Waals surface area contributed by atoms with Gasteiger partial charge in [0.25, 0.3) is 0 Å². The zero-order valence-corrected chi connectivity index (χ0v) is 18.8. The Labute approximate surface area is 170 Å². The smallest absolute Gasteiger partial charge is 0.246 e. The summed E-state index contributed by atoms with van der Waals surface area (Å²) in [5, 5.41) is 2.90. The predicted octanol–water partition coefficient (Wildman–Crippen LogP) is 5.36. The summed E-state index contributed by atoms with van der Waals surface area (Å²) in [7, 11) is 0. The molecule has 5 heteroatoms. The molecule has 0 aromatic rings. The van der Waals surface area contributed by atoms with Crippen molar-refractivity contribution in [2.45, 2.75) is 98.5 Å². The van der Waals surface area contributed by atoms with Crippen LogP contribution < -0.4 is 5.32 Å². The van der Waals surface area contributed by atoms with E-state index in [0.29, 0.717) is 19.8 Å². The monoisotopic (exact) mass is 391 g/mol. The van der Waals surface area contributed by atoms with Crippen LogP contribution in [0.4, 0.5) is 0 Å². The van der Waals surface area contributed by atoms with E-state index in [1.807, 2.05) is 13.8 Å². The first kappa shape index (κ1) is 28.6. The van der Waals surface area contributed by atoms with Crippen molar-refractivity contribution in [1.82, 2.24) is 5.32 Å². The maximum atomic E-state index is 11.6. The molecule has 1 N–H and O–H groups in total. The molecule has 0 rings (SSSR count). The van der Waals surface area contributed by atoms with Crippen LogP contribution in [-0.2, 0) is 19.0 Å². The summed E-state index contributed by atoms with van der Waals surface area (Å²) >= 11 is 0. The molecule has 0 aliphatic rings. The molecule has 0 radical (unpaired) electrons. The minimum absolute atomic E-state index is 0. The van der Waals surface area contributed by atoms with E-state index in [1.54, 1.807) is 0 Å². The molecule has 0 atom stereocenters. The van der Waals surface area contributed by atoms with Crippen LogP contribution in [-0.4, -0.2) is 51.6 Å². The Morgan fingerprint density at radius 2 is 1.37 bits per heavy atom. The van der Waals surface area contributed by atoms with Crippen LogP contribution in [0.25, 0.3) is 0 Å². The Hall–Kier alpha value is -0.650. The molecular weight excluding hydrogens is 342 g/mol. The highest BCUT2D eigenvalue weighted by molar-refractivity contribution is 5.77. The number of unbranched alkanes of at least 4 members (excludes halogenated alkanes) is 5. The molecule has 0 aromatic heterocycles. The molecule has 1 amide bonds. The van der Waals surface area contributed by atoms with Crippen molar-refractivity contribution in [3.8, 4) is 0 Å². The number of carbonyl (C=O) groups is 1. The van der Waals surface area contributed by atoms with Crippen molar-refractivity contribution < 1.29 is 20.4 Å². The number of amides is 1. The third-order valence-electron chi connectivity index (χ3n) is 4.16. The third kappa shape index (κ3) is 23.3. The first-order valence-corrected chi connectivity index (χ1v) is 11.3.